The summed E-state index contributed by atoms with van der Waals surface area (Å²) in [5, 5.41) is 2.86. The van der Waals surface area contributed by atoms with Crippen LogP contribution in [0.4, 0.5) is 4.39 Å². The molecule has 0 fully saturated rings. The summed E-state index contributed by atoms with van der Waals surface area (Å²) >= 11 is 0. The van der Waals surface area contributed by atoms with Crippen LogP contribution in [0.1, 0.15) is 17.2 Å². The summed E-state index contributed by atoms with van der Waals surface area (Å²) in [6.45, 7) is 0.489. The number of halogens is 1. The van der Waals surface area contributed by atoms with Gasteiger partial charge in [0.15, 0.2) is 0 Å². The van der Waals surface area contributed by atoms with Gasteiger partial charge < -0.3 is 5.32 Å². The number of carbonyl (C=O) groups is 1. The quantitative estimate of drug-likeness (QED) is 0.889. The van der Waals surface area contributed by atoms with Gasteiger partial charge in [-0.3, -0.25) is 14.7 Å². The van der Waals surface area contributed by atoms with Crippen molar-refractivity contribution in [3.63, 3.8) is 0 Å². The smallest absolute Gasteiger partial charge is 0.242 e. The van der Waals surface area contributed by atoms with E-state index >= 15 is 0 Å². The van der Waals surface area contributed by atoms with E-state index in [-0.39, 0.29) is 11.7 Å². The molecule has 1 aromatic heterocycles. The molecule has 0 saturated carbocycles. The van der Waals surface area contributed by atoms with Crippen LogP contribution in [-0.4, -0.2) is 36.4 Å². The second-order valence-electron chi connectivity index (χ2n) is 5.29. The number of likely N-dealkylation sites (N-methyl/N-ethyl adjacent to an activating group) is 1. The van der Waals surface area contributed by atoms with E-state index in [0.717, 1.165) is 5.56 Å². The molecule has 0 spiro atoms. The summed E-state index contributed by atoms with van der Waals surface area (Å²) in [6, 6.07) is 9.53. The normalized spacial score (nSPS) is 12.2. The molecule has 2 aromatic rings. The number of benzene rings is 1. The van der Waals surface area contributed by atoms with E-state index < -0.39 is 6.04 Å². The minimum absolute atomic E-state index is 0.209. The topological polar surface area (TPSA) is 45.2 Å². The number of pyridine rings is 1. The lowest BCUT2D eigenvalue weighted by Crippen LogP contribution is -2.38. The Balaban J connectivity index is 2.00. The molecular weight excluding hydrogens is 281 g/mol. The van der Waals surface area contributed by atoms with Crippen LogP contribution in [-0.2, 0) is 11.2 Å². The molecule has 0 radical (unpaired) electrons. The maximum Gasteiger partial charge on any atom is 0.242 e. The van der Waals surface area contributed by atoms with Crippen LogP contribution in [0, 0.1) is 5.82 Å². The number of aromatic nitrogens is 1. The summed E-state index contributed by atoms with van der Waals surface area (Å²) in [5.74, 6) is -0.581. The van der Waals surface area contributed by atoms with E-state index in [1.54, 1.807) is 49.6 Å². The molecule has 1 amide bonds. The molecule has 0 saturated heterocycles. The van der Waals surface area contributed by atoms with Gasteiger partial charge in [-0.25, -0.2) is 4.39 Å². The van der Waals surface area contributed by atoms with Crippen molar-refractivity contribution in [2.75, 3.05) is 20.6 Å². The molecule has 5 heteroatoms. The lowest BCUT2D eigenvalue weighted by molar-refractivity contribution is -0.125. The molecule has 0 aliphatic rings. The minimum Gasteiger partial charge on any atom is -0.354 e. The fraction of sp³-hybridized carbons (Fsp3) is 0.294. The summed E-state index contributed by atoms with van der Waals surface area (Å²) in [4.78, 5) is 18.1. The number of amides is 1. The molecule has 116 valence electrons. The second-order valence-corrected chi connectivity index (χ2v) is 5.29. The van der Waals surface area contributed by atoms with E-state index in [1.807, 2.05) is 12.1 Å². The van der Waals surface area contributed by atoms with E-state index in [1.165, 1.54) is 6.07 Å². The first-order chi connectivity index (χ1) is 10.6. The molecule has 1 aromatic carbocycles. The lowest BCUT2D eigenvalue weighted by atomic mass is 10.0. The van der Waals surface area contributed by atoms with Gasteiger partial charge in [-0.1, -0.05) is 24.3 Å². The van der Waals surface area contributed by atoms with E-state index in [4.69, 9.17) is 0 Å². The SMILES string of the molecule is CN(C)[C@H](C(=O)NCCc1cccnc1)c1ccccc1F. The van der Waals surface area contributed by atoms with Gasteiger partial charge >= 0.3 is 0 Å². The number of nitrogens with zero attached hydrogens (tertiary/aromatic N) is 2. The Labute approximate surface area is 130 Å². The number of nitrogens with one attached hydrogen (secondary N) is 1. The second kappa shape index (κ2) is 7.66. The summed E-state index contributed by atoms with van der Waals surface area (Å²) in [5.41, 5.74) is 1.43. The Morgan fingerprint density at radius 1 is 1.27 bits per heavy atom. The van der Waals surface area contributed by atoms with E-state index in [0.29, 0.717) is 18.5 Å². The minimum atomic E-state index is -0.643. The van der Waals surface area contributed by atoms with Gasteiger partial charge in [-0.15, -0.1) is 0 Å². The Morgan fingerprint density at radius 2 is 2.05 bits per heavy atom. The van der Waals surface area contributed by atoms with Gasteiger partial charge in [0, 0.05) is 24.5 Å². The van der Waals surface area contributed by atoms with Crippen molar-refractivity contribution in [2.45, 2.75) is 12.5 Å². The Morgan fingerprint density at radius 3 is 2.68 bits per heavy atom. The molecule has 1 heterocycles. The highest BCUT2D eigenvalue weighted by Gasteiger charge is 2.25. The highest BCUT2D eigenvalue weighted by Crippen LogP contribution is 2.21. The lowest BCUT2D eigenvalue weighted by Gasteiger charge is -2.24. The van der Waals surface area contributed by atoms with Crippen molar-refractivity contribution >= 4 is 5.91 Å². The molecular formula is C17H20FN3O. The van der Waals surface area contributed by atoms with E-state index in [9.17, 15) is 9.18 Å². The summed E-state index contributed by atoms with van der Waals surface area (Å²) < 4.78 is 13.9. The Hall–Kier alpha value is -2.27. The maximum absolute atomic E-state index is 13.9. The molecule has 4 nitrogen and oxygen atoms in total. The summed E-state index contributed by atoms with van der Waals surface area (Å²) in [6.07, 6.45) is 4.17. The van der Waals surface area contributed by atoms with Crippen LogP contribution in [0.5, 0.6) is 0 Å². The number of hydrogen-bond donors (Lipinski definition) is 1. The number of hydrogen-bond acceptors (Lipinski definition) is 3. The average Bonchev–Trinajstić information content (AvgIpc) is 2.50. The zero-order valence-corrected chi connectivity index (χ0v) is 12.8. The van der Waals surface area contributed by atoms with Crippen LogP contribution in [0.25, 0.3) is 0 Å². The number of rotatable bonds is 6. The first kappa shape index (κ1) is 16.1. The molecule has 0 unspecified atom stereocenters. The molecule has 22 heavy (non-hydrogen) atoms. The van der Waals surface area contributed by atoms with Crippen molar-refractivity contribution < 1.29 is 9.18 Å². The van der Waals surface area contributed by atoms with Crippen LogP contribution < -0.4 is 5.32 Å². The first-order valence-electron chi connectivity index (χ1n) is 7.17. The van der Waals surface area contributed by atoms with Gasteiger partial charge in [0.1, 0.15) is 11.9 Å². The van der Waals surface area contributed by atoms with Crippen LogP contribution in [0.15, 0.2) is 48.8 Å². The fourth-order valence-corrected chi connectivity index (χ4v) is 2.32. The van der Waals surface area contributed by atoms with Crippen molar-refractivity contribution in [3.05, 3.63) is 65.7 Å². The Kier molecular flexibility index (Phi) is 5.61. The Bertz CT molecular complexity index is 616. The first-order valence-corrected chi connectivity index (χ1v) is 7.17. The van der Waals surface area contributed by atoms with Gasteiger partial charge in [0.2, 0.25) is 5.91 Å². The van der Waals surface area contributed by atoms with Gasteiger partial charge in [-0.2, -0.15) is 0 Å². The summed E-state index contributed by atoms with van der Waals surface area (Å²) in [7, 11) is 3.52. The van der Waals surface area contributed by atoms with Crippen molar-refractivity contribution in [3.8, 4) is 0 Å². The van der Waals surface area contributed by atoms with Gasteiger partial charge in [-0.05, 0) is 38.2 Å². The van der Waals surface area contributed by atoms with Crippen LogP contribution in [0.3, 0.4) is 0 Å². The zero-order chi connectivity index (χ0) is 15.9. The number of carbonyl (C=O) groups excluding carboxylic acids is 1. The van der Waals surface area contributed by atoms with Crippen LogP contribution >= 0.6 is 0 Å². The highest BCUT2D eigenvalue weighted by atomic mass is 19.1. The highest BCUT2D eigenvalue weighted by molar-refractivity contribution is 5.83. The fourth-order valence-electron chi connectivity index (χ4n) is 2.32. The van der Waals surface area contributed by atoms with Gasteiger partial charge in [0.05, 0.1) is 0 Å². The third-order valence-corrected chi connectivity index (χ3v) is 3.40. The van der Waals surface area contributed by atoms with Gasteiger partial charge in [0.25, 0.3) is 0 Å². The average molecular weight is 301 g/mol. The predicted molar refractivity (Wildman–Crippen MR) is 83.8 cm³/mol. The molecule has 0 aliphatic carbocycles. The maximum atomic E-state index is 13.9. The third kappa shape index (κ3) is 4.11. The van der Waals surface area contributed by atoms with Crippen LogP contribution in [0.2, 0.25) is 0 Å². The molecule has 0 bridgehead atoms. The third-order valence-electron chi connectivity index (χ3n) is 3.40. The van der Waals surface area contributed by atoms with Crippen molar-refractivity contribution in [1.29, 1.82) is 0 Å². The standard InChI is InChI=1S/C17H20FN3O/c1-21(2)16(14-7-3-4-8-15(14)18)17(22)20-11-9-13-6-5-10-19-12-13/h3-8,10,12,16H,9,11H2,1-2H3,(H,20,22)/t16-/m0/s1. The van der Waals surface area contributed by atoms with Crippen molar-refractivity contribution in [2.24, 2.45) is 0 Å². The zero-order valence-electron chi connectivity index (χ0n) is 12.8. The molecule has 0 aliphatic heterocycles. The molecule has 1 N–H and O–H groups in total. The monoisotopic (exact) mass is 301 g/mol. The molecule has 1 atom stereocenters. The largest absolute Gasteiger partial charge is 0.354 e. The van der Waals surface area contributed by atoms with Crippen molar-refractivity contribution in [1.82, 2.24) is 15.2 Å². The molecule has 2 rings (SSSR count). The van der Waals surface area contributed by atoms with E-state index in [2.05, 4.69) is 10.3 Å². The predicted octanol–water partition coefficient (Wildman–Crippen LogP) is 2.18.